The maximum Gasteiger partial charge on any atom is 0.243 e. The number of thiocarbonyl (C=S) groups is 1. The van der Waals surface area contributed by atoms with Crippen LogP contribution in [0.5, 0.6) is 11.5 Å². The van der Waals surface area contributed by atoms with E-state index in [1.807, 2.05) is 18.2 Å². The molecule has 0 unspecified atom stereocenters. The monoisotopic (exact) mass is 433 g/mol. The number of benzene rings is 2. The first kappa shape index (κ1) is 19.9. The number of nitrogens with one attached hydrogen (secondary N) is 2. The van der Waals surface area contributed by atoms with E-state index < -0.39 is 10.0 Å². The highest BCUT2D eigenvalue weighted by Crippen LogP contribution is 2.32. The number of nitrogens with zero attached hydrogens (tertiary/aromatic N) is 1. The summed E-state index contributed by atoms with van der Waals surface area (Å²) in [6.07, 6.45) is 2.92. The SMILES string of the molecule is O=S(=O)(c1ccc(NC(=S)Nc2ccc3c(c2)OCCO3)cc1)N1CCCCC1. The van der Waals surface area contributed by atoms with Crippen LogP contribution in [0.3, 0.4) is 0 Å². The number of hydrogen-bond acceptors (Lipinski definition) is 5. The smallest absolute Gasteiger partial charge is 0.243 e. The molecule has 4 rings (SSSR count). The van der Waals surface area contributed by atoms with Crippen LogP contribution < -0.4 is 20.1 Å². The highest BCUT2D eigenvalue weighted by Gasteiger charge is 2.25. The molecule has 2 aliphatic heterocycles. The average Bonchev–Trinajstić information content (AvgIpc) is 2.74. The highest BCUT2D eigenvalue weighted by molar-refractivity contribution is 7.89. The van der Waals surface area contributed by atoms with Crippen molar-refractivity contribution in [3.8, 4) is 11.5 Å². The summed E-state index contributed by atoms with van der Waals surface area (Å²) in [6, 6.07) is 12.2. The zero-order valence-corrected chi connectivity index (χ0v) is 17.5. The maximum absolute atomic E-state index is 12.7. The summed E-state index contributed by atoms with van der Waals surface area (Å²) in [6.45, 7) is 2.24. The quantitative estimate of drug-likeness (QED) is 0.715. The van der Waals surface area contributed by atoms with Crippen LogP contribution in [0.15, 0.2) is 47.4 Å². The number of sulfonamides is 1. The summed E-state index contributed by atoms with van der Waals surface area (Å²) in [5.41, 5.74) is 1.48. The third-order valence-corrected chi connectivity index (χ3v) is 6.98. The predicted octanol–water partition coefficient (Wildman–Crippen LogP) is 3.44. The van der Waals surface area contributed by atoms with Crippen LogP contribution in [0, 0.1) is 0 Å². The highest BCUT2D eigenvalue weighted by atomic mass is 32.2. The predicted molar refractivity (Wildman–Crippen MR) is 116 cm³/mol. The molecule has 2 heterocycles. The number of anilines is 2. The summed E-state index contributed by atoms with van der Waals surface area (Å²) in [7, 11) is -3.43. The molecule has 2 N–H and O–H groups in total. The van der Waals surface area contributed by atoms with Crippen LogP contribution in [0.1, 0.15) is 19.3 Å². The van der Waals surface area contributed by atoms with Crippen LogP contribution in [0.2, 0.25) is 0 Å². The van der Waals surface area contributed by atoms with E-state index in [1.165, 1.54) is 0 Å². The van der Waals surface area contributed by atoms with Crippen molar-refractivity contribution in [1.82, 2.24) is 4.31 Å². The summed E-state index contributed by atoms with van der Waals surface area (Å²) < 4.78 is 38.1. The second-order valence-electron chi connectivity index (χ2n) is 6.93. The van der Waals surface area contributed by atoms with Gasteiger partial charge in [-0.15, -0.1) is 0 Å². The van der Waals surface area contributed by atoms with Crippen molar-refractivity contribution in [2.75, 3.05) is 36.9 Å². The molecule has 9 heteroatoms. The molecule has 0 amide bonds. The fourth-order valence-corrected chi connectivity index (χ4v) is 5.13. The van der Waals surface area contributed by atoms with Crippen LogP contribution in [-0.2, 0) is 10.0 Å². The first-order valence-electron chi connectivity index (χ1n) is 9.60. The van der Waals surface area contributed by atoms with E-state index >= 15 is 0 Å². The summed E-state index contributed by atoms with van der Waals surface area (Å²) in [5, 5.41) is 6.56. The van der Waals surface area contributed by atoms with Gasteiger partial charge in [0.05, 0.1) is 4.90 Å². The van der Waals surface area contributed by atoms with E-state index in [9.17, 15) is 8.42 Å². The molecule has 29 heavy (non-hydrogen) atoms. The second kappa shape index (κ2) is 8.56. The van der Waals surface area contributed by atoms with Gasteiger partial charge < -0.3 is 20.1 Å². The van der Waals surface area contributed by atoms with Gasteiger partial charge in [-0.1, -0.05) is 6.42 Å². The minimum absolute atomic E-state index is 0.302. The largest absolute Gasteiger partial charge is 0.486 e. The number of fused-ring (bicyclic) bond motifs is 1. The fourth-order valence-electron chi connectivity index (χ4n) is 3.38. The van der Waals surface area contributed by atoms with Gasteiger partial charge in [0, 0.05) is 30.5 Å². The molecule has 2 aromatic rings. The lowest BCUT2D eigenvalue weighted by atomic mass is 10.2. The lowest BCUT2D eigenvalue weighted by molar-refractivity contribution is 0.171. The van der Waals surface area contributed by atoms with Gasteiger partial charge in [-0.25, -0.2) is 8.42 Å². The third kappa shape index (κ3) is 4.63. The van der Waals surface area contributed by atoms with Crippen molar-refractivity contribution >= 4 is 38.7 Å². The molecule has 1 fully saturated rings. The van der Waals surface area contributed by atoms with E-state index in [0.717, 1.165) is 24.9 Å². The number of rotatable bonds is 4. The van der Waals surface area contributed by atoms with Crippen molar-refractivity contribution < 1.29 is 17.9 Å². The normalized spacial score (nSPS) is 16.8. The molecule has 0 atom stereocenters. The third-order valence-electron chi connectivity index (χ3n) is 4.87. The van der Waals surface area contributed by atoms with E-state index in [0.29, 0.717) is 53.5 Å². The molecule has 2 aliphatic rings. The zero-order valence-electron chi connectivity index (χ0n) is 15.9. The van der Waals surface area contributed by atoms with Crippen molar-refractivity contribution in [2.24, 2.45) is 0 Å². The maximum atomic E-state index is 12.7. The van der Waals surface area contributed by atoms with Crippen LogP contribution in [0.25, 0.3) is 0 Å². The topological polar surface area (TPSA) is 79.9 Å². The van der Waals surface area contributed by atoms with Gasteiger partial charge in [0.2, 0.25) is 10.0 Å². The zero-order chi connectivity index (χ0) is 20.3. The molecule has 0 spiro atoms. The van der Waals surface area contributed by atoms with Gasteiger partial charge in [0.15, 0.2) is 16.6 Å². The Morgan fingerprint density at radius 2 is 1.48 bits per heavy atom. The first-order valence-corrected chi connectivity index (χ1v) is 11.4. The number of ether oxygens (including phenoxy) is 2. The summed E-state index contributed by atoms with van der Waals surface area (Å²) >= 11 is 5.36. The van der Waals surface area contributed by atoms with Crippen molar-refractivity contribution in [1.29, 1.82) is 0 Å². The van der Waals surface area contributed by atoms with Crippen molar-refractivity contribution in [3.63, 3.8) is 0 Å². The van der Waals surface area contributed by atoms with Crippen molar-refractivity contribution in [2.45, 2.75) is 24.2 Å². The Morgan fingerprint density at radius 1 is 0.862 bits per heavy atom. The molecule has 0 saturated carbocycles. The molecule has 0 radical (unpaired) electrons. The van der Waals surface area contributed by atoms with E-state index in [4.69, 9.17) is 21.7 Å². The Labute approximate surface area is 176 Å². The molecule has 154 valence electrons. The molecule has 7 nitrogen and oxygen atoms in total. The van der Waals surface area contributed by atoms with Gasteiger partial charge in [0.1, 0.15) is 13.2 Å². The Hall–Kier alpha value is -2.36. The number of piperidine rings is 1. The molecule has 1 saturated heterocycles. The lowest BCUT2D eigenvalue weighted by Gasteiger charge is -2.25. The van der Waals surface area contributed by atoms with Gasteiger partial charge in [-0.05, 0) is 61.5 Å². The van der Waals surface area contributed by atoms with Gasteiger partial charge in [-0.2, -0.15) is 4.31 Å². The Bertz CT molecular complexity index is 987. The Balaban J connectivity index is 1.39. The molecule has 0 aromatic heterocycles. The first-order chi connectivity index (χ1) is 14.0. The second-order valence-corrected chi connectivity index (χ2v) is 9.27. The molecule has 0 aliphatic carbocycles. The lowest BCUT2D eigenvalue weighted by Crippen LogP contribution is -2.35. The Kier molecular flexibility index (Phi) is 5.89. The van der Waals surface area contributed by atoms with E-state index in [2.05, 4.69) is 10.6 Å². The van der Waals surface area contributed by atoms with Gasteiger partial charge in [0.25, 0.3) is 0 Å². The van der Waals surface area contributed by atoms with Gasteiger partial charge >= 0.3 is 0 Å². The van der Waals surface area contributed by atoms with Crippen LogP contribution in [-0.4, -0.2) is 44.1 Å². The molecule has 0 bridgehead atoms. The molecule has 2 aromatic carbocycles. The summed E-state index contributed by atoms with van der Waals surface area (Å²) in [4.78, 5) is 0.302. The average molecular weight is 434 g/mol. The van der Waals surface area contributed by atoms with Crippen molar-refractivity contribution in [3.05, 3.63) is 42.5 Å². The Morgan fingerprint density at radius 3 is 2.21 bits per heavy atom. The number of hydrogen-bond donors (Lipinski definition) is 2. The minimum Gasteiger partial charge on any atom is -0.486 e. The molecular weight excluding hydrogens is 410 g/mol. The minimum atomic E-state index is -3.43. The van der Waals surface area contributed by atoms with Gasteiger partial charge in [-0.3, -0.25) is 0 Å². The van der Waals surface area contributed by atoms with E-state index in [-0.39, 0.29) is 0 Å². The fraction of sp³-hybridized carbons (Fsp3) is 0.350. The van der Waals surface area contributed by atoms with Crippen LogP contribution in [0.4, 0.5) is 11.4 Å². The van der Waals surface area contributed by atoms with Crippen LogP contribution >= 0.6 is 12.2 Å². The van der Waals surface area contributed by atoms with E-state index in [1.54, 1.807) is 28.6 Å². The molecular formula is C20H23N3O4S2. The standard InChI is InChI=1S/C20H23N3O4S2/c24-29(25,23-10-2-1-3-11-23)17-7-4-15(5-8-17)21-20(28)22-16-6-9-18-19(14-16)27-13-12-26-18/h4-9,14H,1-3,10-13H2,(H2,21,22,28). The summed E-state index contributed by atoms with van der Waals surface area (Å²) in [5.74, 6) is 1.39.